The van der Waals surface area contributed by atoms with Crippen LogP contribution in [0.5, 0.6) is 0 Å². The van der Waals surface area contributed by atoms with Gasteiger partial charge in [0.25, 0.3) is 0 Å². The van der Waals surface area contributed by atoms with Gasteiger partial charge in [0, 0.05) is 59.5 Å². The van der Waals surface area contributed by atoms with Crippen molar-refractivity contribution in [2.24, 2.45) is 7.05 Å². The smallest absolute Gasteiger partial charge is 0.115 e. The number of hydrogen-bond donors (Lipinski definition) is 0. The highest BCUT2D eigenvalue weighted by atomic mass is 15.3. The normalized spacial score (nSPS) is 11.8. The largest absolute Gasteiger partial charge is 0.272 e. The first-order chi connectivity index (χ1) is 20.0. The number of aromatic nitrogens is 6. The van der Waals surface area contributed by atoms with Gasteiger partial charge in [-0.2, -0.15) is 5.10 Å². The van der Waals surface area contributed by atoms with Crippen LogP contribution in [0.25, 0.3) is 0 Å². The van der Waals surface area contributed by atoms with Gasteiger partial charge >= 0.3 is 0 Å². The summed E-state index contributed by atoms with van der Waals surface area (Å²) in [6.45, 7) is 34.5. The van der Waals surface area contributed by atoms with Gasteiger partial charge in [0.15, 0.2) is 0 Å². The minimum Gasteiger partial charge on any atom is -0.272 e. The van der Waals surface area contributed by atoms with Gasteiger partial charge in [-0.15, -0.1) is 0 Å². The first kappa shape index (κ1) is 38.6. The second-order valence-electron chi connectivity index (χ2n) is 15.6. The van der Waals surface area contributed by atoms with Gasteiger partial charge in [0.2, 0.25) is 0 Å². The Kier molecular flexibility index (Phi) is 13.6. The SMILES string of the molecule is Cc1ccc(C(C)(C)C)c(C)n1.Cc1ncccc1C(C)(C)C.Cc1ncncc1C(C)(C)C.Cn1nccc1C(C)(C)C. The standard InChI is InChI=1S/C11H17N.C10H15N.C9H14N2.C8H14N2/c1-8-6-7-10(9(2)12-8)11(3,4)5;1-8-9(10(2,3)4)6-5-7-11-8;1-7-8(9(2,3)4)5-10-6-11-7;1-8(2,3)7-5-6-9-10(7)4/h6-7H,1-5H3;5-7H,1-4H3;5-6H,1-4H3;5-6H,1-4H3. The summed E-state index contributed by atoms with van der Waals surface area (Å²) in [6, 6.07) is 10.4. The van der Waals surface area contributed by atoms with E-state index in [4.69, 9.17) is 0 Å². The average Bonchev–Trinajstić information content (AvgIpc) is 3.30. The molecule has 0 aliphatic heterocycles. The van der Waals surface area contributed by atoms with Crippen molar-refractivity contribution in [1.29, 1.82) is 0 Å². The van der Waals surface area contributed by atoms with Crippen molar-refractivity contribution >= 4 is 0 Å². The molecule has 0 atom stereocenters. The fourth-order valence-electron chi connectivity index (χ4n) is 4.99. The molecule has 242 valence electrons. The van der Waals surface area contributed by atoms with Crippen molar-refractivity contribution in [1.82, 2.24) is 29.7 Å². The first-order valence-electron chi connectivity index (χ1n) is 15.6. The Hall–Kier alpha value is -3.41. The summed E-state index contributed by atoms with van der Waals surface area (Å²) >= 11 is 0. The maximum absolute atomic E-state index is 4.44. The second-order valence-corrected chi connectivity index (χ2v) is 15.6. The van der Waals surface area contributed by atoms with Crippen LogP contribution in [0.3, 0.4) is 0 Å². The Morgan fingerprint density at radius 2 is 1.07 bits per heavy atom. The minimum atomic E-state index is 0.158. The molecule has 4 aromatic heterocycles. The Bertz CT molecular complexity index is 1380. The number of aryl methyl sites for hydroxylation is 5. The number of nitrogens with zero attached hydrogens (tertiary/aromatic N) is 6. The van der Waals surface area contributed by atoms with Crippen LogP contribution in [-0.2, 0) is 28.7 Å². The van der Waals surface area contributed by atoms with Gasteiger partial charge < -0.3 is 0 Å². The molecule has 0 radical (unpaired) electrons. The van der Waals surface area contributed by atoms with Crippen molar-refractivity contribution in [2.75, 3.05) is 0 Å². The van der Waals surface area contributed by atoms with E-state index in [1.54, 1.807) is 6.33 Å². The van der Waals surface area contributed by atoms with Crippen LogP contribution in [-0.4, -0.2) is 29.7 Å². The zero-order chi connectivity index (χ0) is 34.1. The average molecular weight is 601 g/mol. The van der Waals surface area contributed by atoms with E-state index in [-0.39, 0.29) is 21.7 Å². The molecule has 4 rings (SSSR count). The maximum Gasteiger partial charge on any atom is 0.115 e. The molecule has 0 aliphatic rings. The maximum atomic E-state index is 4.44. The molecule has 4 aromatic rings. The van der Waals surface area contributed by atoms with Crippen molar-refractivity contribution < 1.29 is 0 Å². The number of pyridine rings is 2. The molecule has 0 bridgehead atoms. The summed E-state index contributed by atoms with van der Waals surface area (Å²) in [5, 5.41) is 4.10. The van der Waals surface area contributed by atoms with Gasteiger partial charge in [-0.05, 0) is 78.8 Å². The lowest BCUT2D eigenvalue weighted by Crippen LogP contribution is -2.16. The Morgan fingerprint density at radius 3 is 1.41 bits per heavy atom. The zero-order valence-corrected chi connectivity index (χ0v) is 30.9. The number of rotatable bonds is 0. The molecule has 0 amide bonds. The van der Waals surface area contributed by atoms with E-state index >= 15 is 0 Å². The van der Waals surface area contributed by atoms with E-state index in [9.17, 15) is 0 Å². The molecule has 0 saturated carbocycles. The lowest BCUT2D eigenvalue weighted by atomic mass is 9.86. The molecular weight excluding hydrogens is 540 g/mol. The van der Waals surface area contributed by atoms with Crippen molar-refractivity contribution in [3.05, 3.63) is 100 Å². The summed E-state index contributed by atoms with van der Waals surface area (Å²) < 4.78 is 1.92. The van der Waals surface area contributed by atoms with Gasteiger partial charge in [-0.25, -0.2) is 9.97 Å². The van der Waals surface area contributed by atoms with Crippen molar-refractivity contribution in [3.8, 4) is 0 Å². The monoisotopic (exact) mass is 600 g/mol. The fraction of sp³-hybridized carbons (Fsp3) is 0.553. The second kappa shape index (κ2) is 15.5. The van der Waals surface area contributed by atoms with Crippen LogP contribution in [0, 0.1) is 27.7 Å². The fourth-order valence-corrected chi connectivity index (χ4v) is 4.99. The van der Waals surface area contributed by atoms with E-state index in [1.807, 2.05) is 50.2 Å². The Labute approximate surface area is 269 Å². The molecule has 6 heteroatoms. The van der Waals surface area contributed by atoms with E-state index < -0.39 is 0 Å². The molecule has 0 N–H and O–H groups in total. The molecule has 0 unspecified atom stereocenters. The van der Waals surface area contributed by atoms with Crippen LogP contribution in [0.15, 0.2) is 55.2 Å². The molecule has 6 nitrogen and oxygen atoms in total. The first-order valence-corrected chi connectivity index (χ1v) is 15.6. The quantitative estimate of drug-likeness (QED) is 0.201. The summed E-state index contributed by atoms with van der Waals surface area (Å²) in [6.07, 6.45) is 7.15. The zero-order valence-electron chi connectivity index (χ0n) is 30.9. The third-order valence-electron chi connectivity index (χ3n) is 7.16. The Morgan fingerprint density at radius 1 is 0.545 bits per heavy atom. The van der Waals surface area contributed by atoms with Crippen LogP contribution < -0.4 is 0 Å². The van der Waals surface area contributed by atoms with Crippen LogP contribution >= 0.6 is 0 Å². The predicted molar refractivity (Wildman–Crippen MR) is 187 cm³/mol. The molecule has 4 heterocycles. The predicted octanol–water partition coefficient (Wildman–Crippen LogP) is 9.48. The highest BCUT2D eigenvalue weighted by Crippen LogP contribution is 2.25. The van der Waals surface area contributed by atoms with Gasteiger partial charge in [0.1, 0.15) is 6.33 Å². The minimum absolute atomic E-state index is 0.158. The molecule has 0 aromatic carbocycles. The molecular formula is C38H60N6. The highest BCUT2D eigenvalue weighted by molar-refractivity contribution is 5.28. The summed E-state index contributed by atoms with van der Waals surface area (Å²) in [4.78, 5) is 16.8. The lowest BCUT2D eigenvalue weighted by molar-refractivity contribution is 0.523. The van der Waals surface area contributed by atoms with E-state index in [2.05, 4.69) is 146 Å². The highest BCUT2D eigenvalue weighted by Gasteiger charge is 2.18. The topological polar surface area (TPSA) is 69.4 Å². The van der Waals surface area contributed by atoms with Gasteiger partial charge in [-0.1, -0.05) is 95.2 Å². The lowest BCUT2D eigenvalue weighted by Gasteiger charge is -2.20. The van der Waals surface area contributed by atoms with Crippen LogP contribution in [0.4, 0.5) is 0 Å². The molecule has 44 heavy (non-hydrogen) atoms. The Balaban J connectivity index is 0.000000294. The van der Waals surface area contributed by atoms with Crippen molar-refractivity contribution in [3.63, 3.8) is 0 Å². The van der Waals surface area contributed by atoms with Crippen molar-refractivity contribution in [2.45, 2.75) is 132 Å². The summed E-state index contributed by atoms with van der Waals surface area (Å²) in [7, 11) is 1.97. The molecule has 0 fully saturated rings. The summed E-state index contributed by atoms with van der Waals surface area (Å²) in [5.41, 5.74) is 10.4. The molecule has 0 spiro atoms. The van der Waals surface area contributed by atoms with E-state index in [0.29, 0.717) is 0 Å². The van der Waals surface area contributed by atoms with Crippen LogP contribution in [0.1, 0.15) is 128 Å². The third kappa shape index (κ3) is 12.7. The molecule has 0 saturated heterocycles. The van der Waals surface area contributed by atoms with Crippen LogP contribution in [0.2, 0.25) is 0 Å². The van der Waals surface area contributed by atoms with Gasteiger partial charge in [-0.3, -0.25) is 14.6 Å². The molecule has 0 aliphatic carbocycles. The van der Waals surface area contributed by atoms with E-state index in [1.165, 1.54) is 22.4 Å². The summed E-state index contributed by atoms with van der Waals surface area (Å²) in [5.74, 6) is 0. The van der Waals surface area contributed by atoms with Gasteiger partial charge in [0.05, 0.1) is 0 Å². The van der Waals surface area contributed by atoms with E-state index in [0.717, 1.165) is 22.8 Å². The third-order valence-corrected chi connectivity index (χ3v) is 7.16. The number of hydrogen-bond acceptors (Lipinski definition) is 5.